The van der Waals surface area contributed by atoms with Gasteiger partial charge in [-0.2, -0.15) is 13.2 Å². The van der Waals surface area contributed by atoms with Gasteiger partial charge in [-0.15, -0.1) is 11.3 Å². The Balaban J connectivity index is 1.57. The van der Waals surface area contributed by atoms with Gasteiger partial charge in [-0.05, 0) is 43.1 Å². The molecular weight excluding hydrogens is 373 g/mol. The highest BCUT2D eigenvalue weighted by molar-refractivity contribution is 7.18. The number of halogens is 3. The van der Waals surface area contributed by atoms with Crippen LogP contribution in [-0.4, -0.2) is 28.1 Å². The summed E-state index contributed by atoms with van der Waals surface area (Å²) >= 11 is 1.61. The fourth-order valence-corrected chi connectivity index (χ4v) is 4.86. The van der Waals surface area contributed by atoms with Crippen LogP contribution < -0.4 is 0 Å². The van der Waals surface area contributed by atoms with E-state index in [0.717, 1.165) is 40.7 Å². The molecule has 2 heterocycles. The fraction of sp³-hybridized carbons (Fsp3) is 0.350. The van der Waals surface area contributed by atoms with Crippen LogP contribution in [0.5, 0.6) is 0 Å². The van der Waals surface area contributed by atoms with Crippen LogP contribution in [-0.2, 0) is 6.18 Å². The highest BCUT2D eigenvalue weighted by Gasteiger charge is 2.36. The van der Waals surface area contributed by atoms with E-state index in [2.05, 4.69) is 4.90 Å². The molecule has 1 aromatic heterocycles. The van der Waals surface area contributed by atoms with E-state index < -0.39 is 17.8 Å². The van der Waals surface area contributed by atoms with E-state index in [4.69, 9.17) is 4.98 Å². The summed E-state index contributed by atoms with van der Waals surface area (Å²) in [6, 6.07) is 13.2. The Labute approximate surface area is 159 Å². The highest BCUT2D eigenvalue weighted by Crippen LogP contribution is 2.39. The van der Waals surface area contributed by atoms with Crippen molar-refractivity contribution in [1.82, 2.24) is 9.88 Å². The van der Waals surface area contributed by atoms with Gasteiger partial charge in [0.15, 0.2) is 0 Å². The average molecular weight is 392 g/mol. The number of aliphatic hydroxyl groups excluding tert-OH is 1. The molecule has 1 aliphatic rings. The number of likely N-dealkylation sites (tertiary alicyclic amines) is 1. The highest BCUT2D eigenvalue weighted by atomic mass is 32.1. The average Bonchev–Trinajstić information content (AvgIpc) is 3.27. The lowest BCUT2D eigenvalue weighted by Gasteiger charge is -2.26. The van der Waals surface area contributed by atoms with E-state index in [9.17, 15) is 18.3 Å². The van der Waals surface area contributed by atoms with E-state index >= 15 is 0 Å². The standard InChI is InChI=1S/C20H19F3N2OS/c21-20(22,23)14-7-2-1-6-13(14)17(26)12-25-11-5-9-16(25)19-24-15-8-3-4-10-18(15)27-19/h1-4,6-8,10,16-17,26H,5,9,11-12H2/t16-,17-/m0/s1. The zero-order valence-corrected chi connectivity index (χ0v) is 15.3. The summed E-state index contributed by atoms with van der Waals surface area (Å²) in [4.78, 5) is 6.75. The SMILES string of the molecule is O[C@@H](CN1CCC[C@H]1c1nc2ccccc2s1)c1ccccc1C(F)(F)F. The van der Waals surface area contributed by atoms with Crippen LogP contribution in [0, 0.1) is 0 Å². The third-order valence-corrected chi connectivity index (χ3v) is 6.13. The number of β-amino-alcohol motifs (C(OH)–C–C–N with tert-alkyl or cyclic N) is 1. The molecule has 0 amide bonds. The first-order chi connectivity index (χ1) is 12.9. The molecule has 2 aromatic carbocycles. The Morgan fingerprint density at radius 3 is 2.67 bits per heavy atom. The minimum absolute atomic E-state index is 0.0371. The summed E-state index contributed by atoms with van der Waals surface area (Å²) in [5, 5.41) is 11.5. The maximum atomic E-state index is 13.2. The molecule has 7 heteroatoms. The van der Waals surface area contributed by atoms with Gasteiger partial charge in [0.2, 0.25) is 0 Å². The number of hydrogen-bond acceptors (Lipinski definition) is 4. The fourth-order valence-electron chi connectivity index (χ4n) is 3.72. The van der Waals surface area contributed by atoms with Gasteiger partial charge in [0.05, 0.1) is 27.9 Å². The number of para-hydroxylation sites is 1. The number of rotatable bonds is 4. The summed E-state index contributed by atoms with van der Waals surface area (Å²) in [6.45, 7) is 0.902. The first-order valence-electron chi connectivity index (χ1n) is 8.87. The first kappa shape index (κ1) is 18.4. The van der Waals surface area contributed by atoms with Crippen molar-refractivity contribution < 1.29 is 18.3 Å². The van der Waals surface area contributed by atoms with Crippen LogP contribution in [0.1, 0.15) is 41.1 Å². The minimum atomic E-state index is -4.48. The van der Waals surface area contributed by atoms with Gasteiger partial charge in [-0.3, -0.25) is 4.90 Å². The Hall–Kier alpha value is -1.96. The topological polar surface area (TPSA) is 36.4 Å². The van der Waals surface area contributed by atoms with Gasteiger partial charge < -0.3 is 5.11 Å². The number of aromatic nitrogens is 1. The smallest absolute Gasteiger partial charge is 0.387 e. The lowest BCUT2D eigenvalue weighted by Crippen LogP contribution is -2.29. The Morgan fingerprint density at radius 1 is 1.15 bits per heavy atom. The third kappa shape index (κ3) is 3.72. The van der Waals surface area contributed by atoms with Crippen molar-refractivity contribution in [3.8, 4) is 0 Å². The Bertz CT molecular complexity index is 907. The molecule has 27 heavy (non-hydrogen) atoms. The normalized spacial score (nSPS) is 19.6. The van der Waals surface area contributed by atoms with E-state index in [1.54, 1.807) is 11.3 Å². The molecule has 0 saturated carbocycles. The number of benzene rings is 2. The van der Waals surface area contributed by atoms with E-state index in [1.165, 1.54) is 18.2 Å². The second kappa shape index (κ2) is 7.22. The molecule has 0 spiro atoms. The van der Waals surface area contributed by atoms with Crippen molar-refractivity contribution >= 4 is 21.6 Å². The molecule has 0 unspecified atom stereocenters. The summed E-state index contributed by atoms with van der Waals surface area (Å²) in [5.41, 5.74) is 0.0977. The lowest BCUT2D eigenvalue weighted by molar-refractivity contribution is -0.139. The van der Waals surface area contributed by atoms with Crippen molar-refractivity contribution in [2.24, 2.45) is 0 Å². The van der Waals surface area contributed by atoms with Crippen LogP contribution >= 0.6 is 11.3 Å². The molecule has 1 N–H and O–H groups in total. The largest absolute Gasteiger partial charge is 0.416 e. The molecule has 0 aliphatic carbocycles. The van der Waals surface area contributed by atoms with Gasteiger partial charge in [0.1, 0.15) is 5.01 Å². The van der Waals surface area contributed by atoms with Crippen LogP contribution in [0.4, 0.5) is 13.2 Å². The van der Waals surface area contributed by atoms with Gasteiger partial charge in [0, 0.05) is 6.54 Å². The number of hydrogen-bond donors (Lipinski definition) is 1. The minimum Gasteiger partial charge on any atom is -0.387 e. The summed E-state index contributed by atoms with van der Waals surface area (Å²) < 4.78 is 40.8. The number of thiazole rings is 1. The number of fused-ring (bicyclic) bond motifs is 1. The van der Waals surface area contributed by atoms with Crippen LogP contribution in [0.25, 0.3) is 10.2 Å². The number of alkyl halides is 3. The van der Waals surface area contributed by atoms with Crippen molar-refractivity contribution in [2.45, 2.75) is 31.2 Å². The summed E-state index contributed by atoms with van der Waals surface area (Å²) in [6.07, 6.45) is -3.84. The van der Waals surface area contributed by atoms with Gasteiger partial charge >= 0.3 is 6.18 Å². The molecule has 2 atom stereocenters. The molecule has 0 radical (unpaired) electrons. The van der Waals surface area contributed by atoms with Crippen LogP contribution in [0.2, 0.25) is 0 Å². The predicted molar refractivity (Wildman–Crippen MR) is 99.6 cm³/mol. The first-order valence-corrected chi connectivity index (χ1v) is 9.69. The van der Waals surface area contributed by atoms with Crippen LogP contribution in [0.3, 0.4) is 0 Å². The lowest BCUT2D eigenvalue weighted by atomic mass is 10.0. The second-order valence-electron chi connectivity index (χ2n) is 6.77. The molecule has 3 aromatic rings. The zero-order chi connectivity index (χ0) is 19.0. The number of nitrogens with zero attached hydrogens (tertiary/aromatic N) is 2. The molecule has 0 bridgehead atoms. The van der Waals surface area contributed by atoms with Gasteiger partial charge in [-0.1, -0.05) is 30.3 Å². The summed E-state index contributed by atoms with van der Waals surface area (Å²) in [7, 11) is 0. The second-order valence-corrected chi connectivity index (χ2v) is 7.84. The van der Waals surface area contributed by atoms with Gasteiger partial charge in [0.25, 0.3) is 0 Å². The van der Waals surface area contributed by atoms with Crippen molar-refractivity contribution in [2.75, 3.05) is 13.1 Å². The Morgan fingerprint density at radius 2 is 1.89 bits per heavy atom. The Kier molecular flexibility index (Phi) is 4.92. The zero-order valence-electron chi connectivity index (χ0n) is 14.5. The molecule has 142 valence electrons. The summed E-state index contributed by atoms with van der Waals surface area (Å²) in [5.74, 6) is 0. The quantitative estimate of drug-likeness (QED) is 0.664. The van der Waals surface area contributed by atoms with Crippen molar-refractivity contribution in [3.05, 3.63) is 64.7 Å². The van der Waals surface area contributed by atoms with Crippen molar-refractivity contribution in [3.63, 3.8) is 0 Å². The van der Waals surface area contributed by atoms with Crippen LogP contribution in [0.15, 0.2) is 48.5 Å². The molecule has 1 saturated heterocycles. The molecular formula is C20H19F3N2OS. The van der Waals surface area contributed by atoms with Crippen molar-refractivity contribution in [1.29, 1.82) is 0 Å². The number of aliphatic hydroxyl groups is 1. The maximum absolute atomic E-state index is 13.2. The molecule has 1 aliphatic heterocycles. The molecule has 4 rings (SSSR count). The van der Waals surface area contributed by atoms with E-state index in [1.807, 2.05) is 24.3 Å². The van der Waals surface area contributed by atoms with E-state index in [0.29, 0.717) is 0 Å². The maximum Gasteiger partial charge on any atom is 0.416 e. The molecule has 3 nitrogen and oxygen atoms in total. The molecule has 1 fully saturated rings. The third-order valence-electron chi connectivity index (χ3n) is 4.99. The van der Waals surface area contributed by atoms with E-state index in [-0.39, 0.29) is 18.2 Å². The monoisotopic (exact) mass is 392 g/mol. The van der Waals surface area contributed by atoms with Gasteiger partial charge in [-0.25, -0.2) is 4.98 Å². The predicted octanol–water partition coefficient (Wildman–Crippen LogP) is 5.19.